The van der Waals surface area contributed by atoms with Gasteiger partial charge in [-0.15, -0.1) is 0 Å². The Hall–Kier alpha value is -1.97. The molecule has 0 aliphatic rings. The molecule has 0 aromatic carbocycles. The molecule has 0 aliphatic carbocycles. The highest BCUT2D eigenvalue weighted by molar-refractivity contribution is 6.22. The van der Waals surface area contributed by atoms with Gasteiger partial charge in [0.2, 0.25) is 11.4 Å². The van der Waals surface area contributed by atoms with E-state index in [1.54, 1.807) is 0 Å². The van der Waals surface area contributed by atoms with E-state index in [1.807, 2.05) is 0 Å². The van der Waals surface area contributed by atoms with Crippen molar-refractivity contribution in [2.75, 3.05) is 6.61 Å². The number of aliphatic carboxylic acids is 1. The summed E-state index contributed by atoms with van der Waals surface area (Å²) >= 11 is 0. The van der Waals surface area contributed by atoms with Gasteiger partial charge < -0.3 is 20.4 Å². The van der Waals surface area contributed by atoms with Gasteiger partial charge in [0.1, 0.15) is 11.5 Å². The Labute approximate surface area is 214 Å². The van der Waals surface area contributed by atoms with E-state index in [4.69, 9.17) is 10.2 Å². The highest BCUT2D eigenvalue weighted by Crippen LogP contribution is 2.29. The van der Waals surface area contributed by atoms with Gasteiger partial charge in [-0.25, -0.2) is 4.79 Å². The first-order valence-corrected chi connectivity index (χ1v) is 13.2. The van der Waals surface area contributed by atoms with Crippen LogP contribution >= 0.6 is 0 Å². The van der Waals surface area contributed by atoms with Gasteiger partial charge in [0, 0.05) is 0 Å². The zero-order valence-corrected chi connectivity index (χ0v) is 22.2. The monoisotopic (exact) mass is 514 g/mol. The first-order chi connectivity index (χ1) is 16.9. The second kappa shape index (κ2) is 17.5. The first kappa shape index (κ1) is 34.0. The molecule has 208 valence electrons. The molecule has 0 aromatic heterocycles. The van der Waals surface area contributed by atoms with Crippen LogP contribution in [-0.4, -0.2) is 67.8 Å². The van der Waals surface area contributed by atoms with Crippen molar-refractivity contribution < 1.29 is 44.4 Å². The summed E-state index contributed by atoms with van der Waals surface area (Å²) in [6, 6.07) is 0. The molecule has 0 saturated carbocycles. The SMILES string of the molecule is CC(=O)C(CCCCCCCCCCCCCCCC(O)(C(=O)O)C(=O)C(O)CO)(C(C)=O)C(C)=O. The van der Waals surface area contributed by atoms with E-state index in [-0.39, 0.29) is 23.8 Å². The number of carbonyl (C=O) groups excluding carboxylic acids is 4. The average molecular weight is 515 g/mol. The predicted molar refractivity (Wildman–Crippen MR) is 134 cm³/mol. The van der Waals surface area contributed by atoms with Crippen molar-refractivity contribution in [1.29, 1.82) is 0 Å². The van der Waals surface area contributed by atoms with Crippen molar-refractivity contribution in [3.8, 4) is 0 Å². The second-order valence-corrected chi connectivity index (χ2v) is 9.90. The minimum atomic E-state index is -2.67. The Bertz CT molecular complexity index is 695. The molecule has 2 unspecified atom stereocenters. The quantitative estimate of drug-likeness (QED) is 0.118. The van der Waals surface area contributed by atoms with Crippen LogP contribution in [0.25, 0.3) is 0 Å². The summed E-state index contributed by atoms with van der Waals surface area (Å²) in [4.78, 5) is 58.9. The number of rotatable bonds is 23. The van der Waals surface area contributed by atoms with Gasteiger partial charge in [0.25, 0.3) is 0 Å². The number of carbonyl (C=O) groups is 5. The molecule has 2 atom stereocenters. The van der Waals surface area contributed by atoms with Gasteiger partial charge in [-0.1, -0.05) is 77.0 Å². The average Bonchev–Trinajstić information content (AvgIpc) is 2.81. The van der Waals surface area contributed by atoms with E-state index in [0.29, 0.717) is 25.7 Å². The standard InChI is InChI=1S/C27H46O9/c1-20(29)26(21(2)30,22(3)31)17-15-13-11-9-7-5-4-6-8-10-12-14-16-18-27(36,25(34)35)24(33)23(32)19-28/h23,28,32,36H,4-19H2,1-3H3,(H,34,35). The second-order valence-electron chi connectivity index (χ2n) is 9.90. The number of carboxylic acids is 1. The third-order valence-electron chi connectivity index (χ3n) is 7.13. The lowest BCUT2D eigenvalue weighted by Crippen LogP contribution is -2.52. The molecule has 4 N–H and O–H groups in total. The van der Waals surface area contributed by atoms with Crippen molar-refractivity contribution in [3.63, 3.8) is 0 Å². The number of Topliss-reactive ketones (excluding diaryl/α,β-unsaturated/α-hetero) is 4. The van der Waals surface area contributed by atoms with Crippen molar-refractivity contribution in [3.05, 3.63) is 0 Å². The molecule has 0 aliphatic heterocycles. The Balaban J connectivity index is 3.87. The van der Waals surface area contributed by atoms with E-state index in [1.165, 1.54) is 20.8 Å². The summed E-state index contributed by atoms with van der Waals surface area (Å²) in [5.74, 6) is -4.09. The molecule has 0 spiro atoms. The molecule has 0 aromatic rings. The largest absolute Gasteiger partial charge is 0.479 e. The molecule has 9 nitrogen and oxygen atoms in total. The van der Waals surface area contributed by atoms with Gasteiger partial charge in [0.05, 0.1) is 6.61 Å². The lowest BCUT2D eigenvalue weighted by molar-refractivity contribution is -0.171. The molecule has 0 fully saturated rings. The molecular weight excluding hydrogens is 468 g/mol. The Kier molecular flexibility index (Phi) is 16.5. The smallest absolute Gasteiger partial charge is 0.343 e. The zero-order chi connectivity index (χ0) is 27.8. The van der Waals surface area contributed by atoms with Crippen LogP contribution in [-0.2, 0) is 24.0 Å². The fraction of sp³-hybridized carbons (Fsp3) is 0.815. The maximum atomic E-state index is 11.9. The van der Waals surface area contributed by atoms with Gasteiger partial charge in [-0.05, 0) is 40.0 Å². The number of carboxylic acid groups (broad SMARTS) is 1. The maximum Gasteiger partial charge on any atom is 0.343 e. The molecular formula is C27H46O9. The number of ketones is 4. The number of hydrogen-bond donors (Lipinski definition) is 4. The number of aliphatic hydroxyl groups excluding tert-OH is 2. The summed E-state index contributed by atoms with van der Waals surface area (Å²) < 4.78 is 0. The highest BCUT2D eigenvalue weighted by Gasteiger charge is 2.46. The Morgan fingerprint density at radius 1 is 0.611 bits per heavy atom. The van der Waals surface area contributed by atoms with Crippen molar-refractivity contribution >= 4 is 29.1 Å². The summed E-state index contributed by atoms with van der Waals surface area (Å²) in [6.45, 7) is 3.02. The van der Waals surface area contributed by atoms with Gasteiger partial charge in [0.15, 0.2) is 17.3 Å². The van der Waals surface area contributed by atoms with Crippen LogP contribution in [0.3, 0.4) is 0 Å². The normalized spacial score (nSPS) is 14.2. The third kappa shape index (κ3) is 10.6. The predicted octanol–water partition coefficient (Wildman–Crippen LogP) is 3.33. The van der Waals surface area contributed by atoms with Crippen LogP contribution in [0.2, 0.25) is 0 Å². The molecule has 0 rings (SSSR count). The molecule has 9 heteroatoms. The lowest BCUT2D eigenvalue weighted by Gasteiger charge is -2.25. The molecule has 36 heavy (non-hydrogen) atoms. The number of aliphatic hydroxyl groups is 3. The van der Waals surface area contributed by atoms with E-state index < -0.39 is 35.5 Å². The van der Waals surface area contributed by atoms with Crippen molar-refractivity contribution in [2.45, 2.75) is 129 Å². The van der Waals surface area contributed by atoms with Gasteiger partial charge in [-0.2, -0.15) is 0 Å². The van der Waals surface area contributed by atoms with Crippen LogP contribution in [0.4, 0.5) is 0 Å². The highest BCUT2D eigenvalue weighted by atomic mass is 16.4. The van der Waals surface area contributed by atoms with Crippen LogP contribution in [0.15, 0.2) is 0 Å². The van der Waals surface area contributed by atoms with Crippen molar-refractivity contribution in [1.82, 2.24) is 0 Å². The third-order valence-corrected chi connectivity index (χ3v) is 7.13. The zero-order valence-electron chi connectivity index (χ0n) is 22.2. The Morgan fingerprint density at radius 2 is 0.917 bits per heavy atom. The topological polar surface area (TPSA) is 166 Å². The van der Waals surface area contributed by atoms with Crippen LogP contribution in [0.5, 0.6) is 0 Å². The van der Waals surface area contributed by atoms with E-state index in [2.05, 4.69) is 0 Å². The molecule has 0 amide bonds. The fourth-order valence-corrected chi connectivity index (χ4v) is 4.68. The molecule has 0 heterocycles. The van der Waals surface area contributed by atoms with Crippen molar-refractivity contribution in [2.24, 2.45) is 5.41 Å². The summed E-state index contributed by atoms with van der Waals surface area (Å²) in [5.41, 5.74) is -4.13. The van der Waals surface area contributed by atoms with Crippen LogP contribution in [0.1, 0.15) is 117 Å². The van der Waals surface area contributed by atoms with E-state index in [9.17, 15) is 34.2 Å². The fourth-order valence-electron chi connectivity index (χ4n) is 4.68. The minimum absolute atomic E-state index is 0.294. The van der Waals surface area contributed by atoms with Gasteiger partial charge in [-0.3, -0.25) is 19.2 Å². The number of unbranched alkanes of at least 4 members (excludes halogenated alkanes) is 12. The van der Waals surface area contributed by atoms with E-state index >= 15 is 0 Å². The minimum Gasteiger partial charge on any atom is -0.479 e. The maximum absolute atomic E-state index is 11.9. The Morgan fingerprint density at radius 3 is 1.19 bits per heavy atom. The van der Waals surface area contributed by atoms with Crippen LogP contribution in [0, 0.1) is 5.41 Å². The summed E-state index contributed by atoms with van der Waals surface area (Å²) in [6.07, 6.45) is 10.1. The number of hydrogen-bond acceptors (Lipinski definition) is 8. The molecule has 0 saturated heterocycles. The molecule has 0 radical (unpaired) electrons. The first-order valence-electron chi connectivity index (χ1n) is 13.2. The summed E-state index contributed by atoms with van der Waals surface area (Å²) in [5, 5.41) is 37.4. The molecule has 0 bridgehead atoms. The van der Waals surface area contributed by atoms with E-state index in [0.717, 1.165) is 64.2 Å². The lowest BCUT2D eigenvalue weighted by atomic mass is 9.73. The van der Waals surface area contributed by atoms with Gasteiger partial charge >= 0.3 is 5.97 Å². The van der Waals surface area contributed by atoms with Crippen LogP contribution < -0.4 is 0 Å². The summed E-state index contributed by atoms with van der Waals surface area (Å²) in [7, 11) is 0.